The molecule has 1 aromatic carbocycles. The number of rotatable bonds is 5. The van der Waals surface area contributed by atoms with Crippen LogP contribution in [0.4, 0.5) is 5.69 Å². The standard InChI is InChI=1S/C12H19ClN2S/c1-9(8-16-3)15(2)12-10(7-14)5-4-6-11(12)13/h4-6,9H,7-8,14H2,1-3H3. The molecule has 0 radical (unpaired) electrons. The van der Waals surface area contributed by atoms with Crippen LogP contribution in [-0.2, 0) is 6.54 Å². The Morgan fingerprint density at radius 1 is 1.50 bits per heavy atom. The molecule has 1 unspecified atom stereocenters. The average molecular weight is 259 g/mol. The topological polar surface area (TPSA) is 29.3 Å². The van der Waals surface area contributed by atoms with Gasteiger partial charge in [0.05, 0.1) is 10.7 Å². The van der Waals surface area contributed by atoms with E-state index in [0.29, 0.717) is 12.6 Å². The van der Waals surface area contributed by atoms with E-state index >= 15 is 0 Å². The van der Waals surface area contributed by atoms with Crippen LogP contribution >= 0.6 is 23.4 Å². The highest BCUT2D eigenvalue weighted by atomic mass is 35.5. The molecule has 0 heterocycles. The van der Waals surface area contributed by atoms with Crippen molar-refractivity contribution < 1.29 is 0 Å². The minimum atomic E-state index is 0.445. The maximum Gasteiger partial charge on any atom is 0.0642 e. The van der Waals surface area contributed by atoms with Crippen molar-refractivity contribution in [3.8, 4) is 0 Å². The monoisotopic (exact) mass is 258 g/mol. The largest absolute Gasteiger partial charge is 0.370 e. The number of hydrogen-bond donors (Lipinski definition) is 1. The smallest absolute Gasteiger partial charge is 0.0642 e. The Labute approximate surface area is 107 Å². The molecule has 1 rings (SSSR count). The van der Waals surface area contributed by atoms with E-state index in [-0.39, 0.29) is 0 Å². The summed E-state index contributed by atoms with van der Waals surface area (Å²) in [5.74, 6) is 1.08. The summed E-state index contributed by atoms with van der Waals surface area (Å²) in [6.07, 6.45) is 2.11. The third-order valence-electron chi connectivity index (χ3n) is 2.71. The molecule has 16 heavy (non-hydrogen) atoms. The van der Waals surface area contributed by atoms with Crippen LogP contribution in [0.15, 0.2) is 18.2 Å². The van der Waals surface area contributed by atoms with Gasteiger partial charge in [-0.2, -0.15) is 11.8 Å². The van der Waals surface area contributed by atoms with Gasteiger partial charge in [0, 0.05) is 25.4 Å². The lowest BCUT2D eigenvalue weighted by Gasteiger charge is -2.29. The molecule has 0 aliphatic heterocycles. The summed E-state index contributed by atoms with van der Waals surface area (Å²) in [7, 11) is 2.07. The first-order valence-corrected chi connectivity index (χ1v) is 7.08. The number of benzene rings is 1. The van der Waals surface area contributed by atoms with Gasteiger partial charge in [-0.05, 0) is 24.8 Å². The predicted octanol–water partition coefficient (Wildman–Crippen LogP) is 2.99. The van der Waals surface area contributed by atoms with E-state index in [1.807, 2.05) is 30.0 Å². The fraction of sp³-hybridized carbons (Fsp3) is 0.500. The number of nitrogens with zero attached hydrogens (tertiary/aromatic N) is 1. The summed E-state index contributed by atoms with van der Waals surface area (Å²) in [6, 6.07) is 6.34. The zero-order chi connectivity index (χ0) is 12.1. The van der Waals surface area contributed by atoms with Crippen molar-refractivity contribution in [2.24, 2.45) is 5.73 Å². The maximum atomic E-state index is 6.24. The molecule has 0 fully saturated rings. The molecular formula is C12H19ClN2S. The highest BCUT2D eigenvalue weighted by molar-refractivity contribution is 7.98. The van der Waals surface area contributed by atoms with E-state index in [1.54, 1.807) is 0 Å². The number of hydrogen-bond acceptors (Lipinski definition) is 3. The summed E-state index contributed by atoms with van der Waals surface area (Å²) < 4.78 is 0. The minimum Gasteiger partial charge on any atom is -0.370 e. The number of anilines is 1. The van der Waals surface area contributed by atoms with Crippen molar-refractivity contribution in [3.63, 3.8) is 0 Å². The number of nitrogens with two attached hydrogens (primary N) is 1. The third kappa shape index (κ3) is 3.06. The Balaban J connectivity index is 3.01. The molecule has 2 N–H and O–H groups in total. The second-order valence-corrected chi connectivity index (χ2v) is 5.18. The molecule has 2 nitrogen and oxygen atoms in total. The second-order valence-electron chi connectivity index (χ2n) is 3.87. The second kappa shape index (κ2) is 6.38. The molecule has 0 bridgehead atoms. The molecule has 0 aromatic heterocycles. The van der Waals surface area contributed by atoms with E-state index in [0.717, 1.165) is 22.0 Å². The molecular weight excluding hydrogens is 240 g/mol. The van der Waals surface area contributed by atoms with Gasteiger partial charge >= 0.3 is 0 Å². The first-order chi connectivity index (χ1) is 7.61. The molecule has 4 heteroatoms. The SMILES string of the molecule is CSCC(C)N(C)c1c(Cl)cccc1CN. The minimum absolute atomic E-state index is 0.445. The van der Waals surface area contributed by atoms with E-state index in [2.05, 4.69) is 25.1 Å². The molecule has 1 atom stereocenters. The van der Waals surface area contributed by atoms with Crippen molar-refractivity contribution in [2.75, 3.05) is 24.0 Å². The zero-order valence-corrected chi connectivity index (χ0v) is 11.6. The Bertz CT molecular complexity index is 344. The van der Waals surface area contributed by atoms with Gasteiger partial charge in [-0.25, -0.2) is 0 Å². The van der Waals surface area contributed by atoms with Crippen LogP contribution in [0.5, 0.6) is 0 Å². The lowest BCUT2D eigenvalue weighted by molar-refractivity contribution is 0.760. The molecule has 90 valence electrons. The van der Waals surface area contributed by atoms with Crippen LogP contribution in [0.25, 0.3) is 0 Å². The van der Waals surface area contributed by atoms with Gasteiger partial charge in [0.2, 0.25) is 0 Å². The quantitative estimate of drug-likeness (QED) is 0.881. The predicted molar refractivity (Wildman–Crippen MR) is 75.6 cm³/mol. The van der Waals surface area contributed by atoms with Crippen LogP contribution in [0.2, 0.25) is 5.02 Å². The highest BCUT2D eigenvalue weighted by Gasteiger charge is 2.15. The van der Waals surface area contributed by atoms with Crippen molar-refractivity contribution in [3.05, 3.63) is 28.8 Å². The Morgan fingerprint density at radius 3 is 2.75 bits per heavy atom. The van der Waals surface area contributed by atoms with Crippen molar-refractivity contribution in [2.45, 2.75) is 19.5 Å². The van der Waals surface area contributed by atoms with Crippen LogP contribution in [0.3, 0.4) is 0 Å². The van der Waals surface area contributed by atoms with Crippen LogP contribution < -0.4 is 10.6 Å². The van der Waals surface area contributed by atoms with Crippen LogP contribution in [-0.4, -0.2) is 25.1 Å². The fourth-order valence-electron chi connectivity index (χ4n) is 1.69. The first kappa shape index (κ1) is 13.7. The van der Waals surface area contributed by atoms with Crippen molar-refractivity contribution in [1.29, 1.82) is 0 Å². The summed E-state index contributed by atoms with van der Waals surface area (Å²) in [5.41, 5.74) is 7.90. The first-order valence-electron chi connectivity index (χ1n) is 5.31. The molecule has 0 aliphatic carbocycles. The summed E-state index contributed by atoms with van der Waals surface area (Å²) in [4.78, 5) is 2.21. The molecule has 0 saturated heterocycles. The lowest BCUT2D eigenvalue weighted by atomic mass is 10.1. The van der Waals surface area contributed by atoms with Gasteiger partial charge in [0.15, 0.2) is 0 Å². The fourth-order valence-corrected chi connectivity index (χ4v) is 2.73. The van der Waals surface area contributed by atoms with Gasteiger partial charge in [0.25, 0.3) is 0 Å². The Hall–Kier alpha value is -0.380. The Morgan fingerprint density at radius 2 is 2.19 bits per heavy atom. The van der Waals surface area contributed by atoms with Crippen LogP contribution in [0, 0.1) is 0 Å². The number of thioether (sulfide) groups is 1. The molecule has 1 aromatic rings. The Kier molecular flexibility index (Phi) is 5.46. The summed E-state index contributed by atoms with van der Waals surface area (Å²) in [6.45, 7) is 2.71. The van der Waals surface area contributed by atoms with Crippen molar-refractivity contribution >= 4 is 29.1 Å². The van der Waals surface area contributed by atoms with Crippen LogP contribution in [0.1, 0.15) is 12.5 Å². The van der Waals surface area contributed by atoms with Crippen molar-refractivity contribution in [1.82, 2.24) is 0 Å². The van der Waals surface area contributed by atoms with E-state index in [1.165, 1.54) is 0 Å². The lowest BCUT2D eigenvalue weighted by Crippen LogP contribution is -2.32. The molecule has 0 spiro atoms. The van der Waals surface area contributed by atoms with Gasteiger partial charge < -0.3 is 10.6 Å². The summed E-state index contributed by atoms with van der Waals surface area (Å²) >= 11 is 8.08. The maximum absolute atomic E-state index is 6.24. The molecule has 0 aliphatic rings. The number of para-hydroxylation sites is 1. The van der Waals surface area contributed by atoms with Gasteiger partial charge in [-0.1, -0.05) is 23.7 Å². The number of halogens is 1. The highest BCUT2D eigenvalue weighted by Crippen LogP contribution is 2.30. The van der Waals surface area contributed by atoms with E-state index < -0.39 is 0 Å². The molecule has 0 saturated carbocycles. The van der Waals surface area contributed by atoms with E-state index in [4.69, 9.17) is 17.3 Å². The van der Waals surface area contributed by atoms with Gasteiger partial charge in [-0.3, -0.25) is 0 Å². The third-order valence-corrected chi connectivity index (χ3v) is 3.83. The van der Waals surface area contributed by atoms with Gasteiger partial charge in [0.1, 0.15) is 0 Å². The van der Waals surface area contributed by atoms with Gasteiger partial charge in [-0.15, -0.1) is 0 Å². The summed E-state index contributed by atoms with van der Waals surface area (Å²) in [5, 5.41) is 0.776. The normalized spacial score (nSPS) is 12.6. The van der Waals surface area contributed by atoms with E-state index in [9.17, 15) is 0 Å². The zero-order valence-electron chi connectivity index (χ0n) is 10.0. The molecule has 0 amide bonds. The average Bonchev–Trinajstić information content (AvgIpc) is 2.28.